The summed E-state index contributed by atoms with van der Waals surface area (Å²) in [4.78, 5) is 16.9. The fourth-order valence-electron chi connectivity index (χ4n) is 1.55. The van der Waals surface area contributed by atoms with Crippen LogP contribution in [0.5, 0.6) is 0 Å². The van der Waals surface area contributed by atoms with Gasteiger partial charge in [0.2, 0.25) is 5.82 Å². The first-order valence-electron chi connectivity index (χ1n) is 4.78. The van der Waals surface area contributed by atoms with E-state index in [1.165, 1.54) is 12.1 Å². The van der Waals surface area contributed by atoms with Gasteiger partial charge in [0.15, 0.2) is 0 Å². The van der Waals surface area contributed by atoms with Crippen LogP contribution in [0.1, 0.15) is 16.2 Å². The number of hydrogen-bond acceptors (Lipinski definition) is 4. The van der Waals surface area contributed by atoms with Gasteiger partial charge in [-0.25, -0.2) is 9.78 Å². The summed E-state index contributed by atoms with van der Waals surface area (Å²) >= 11 is 0. The Balaban J connectivity index is 2.73. The third kappa shape index (κ3) is 1.85. The Morgan fingerprint density at radius 3 is 2.67 bits per heavy atom. The number of alkyl halides is 3. The molecule has 1 aromatic heterocycles. The van der Waals surface area contributed by atoms with Gasteiger partial charge in [0.05, 0.1) is 18.1 Å². The van der Waals surface area contributed by atoms with Crippen LogP contribution in [0, 0.1) is 0 Å². The zero-order valence-corrected chi connectivity index (χ0v) is 9.13. The molecule has 2 aromatic rings. The molecule has 0 atom stereocenters. The molecular weight excluding hydrogens is 251 g/mol. The Morgan fingerprint density at radius 1 is 1.44 bits per heavy atom. The number of methoxy groups -OCH3 is 1. The number of nitrogens with two attached hydrogens (primary N) is 1. The average Bonchev–Trinajstić information content (AvgIpc) is 2.71. The number of aromatic nitrogens is 2. The molecule has 0 aliphatic carbocycles. The molecule has 3 N–H and O–H groups in total. The normalized spacial score (nSPS) is 11.8. The molecular formula is C10H8F3N3O2. The van der Waals surface area contributed by atoms with Crippen LogP contribution in [-0.4, -0.2) is 23.0 Å². The minimum atomic E-state index is -4.62. The van der Waals surface area contributed by atoms with Crippen LogP contribution in [-0.2, 0) is 10.9 Å². The van der Waals surface area contributed by atoms with Gasteiger partial charge in [-0.15, -0.1) is 0 Å². The van der Waals surface area contributed by atoms with Crippen molar-refractivity contribution in [3.63, 3.8) is 0 Å². The first-order valence-corrected chi connectivity index (χ1v) is 4.78. The van der Waals surface area contributed by atoms with E-state index >= 15 is 0 Å². The van der Waals surface area contributed by atoms with E-state index in [1.807, 2.05) is 4.98 Å². The Bertz CT molecular complexity index is 619. The SMILES string of the molecule is COC(=O)c1c(N)ccc2nc(C(F)(F)F)[nH]c12. The summed E-state index contributed by atoms with van der Waals surface area (Å²) in [5.74, 6) is -2.01. The van der Waals surface area contributed by atoms with Crippen LogP contribution in [0.4, 0.5) is 18.9 Å². The molecule has 2 rings (SSSR count). The lowest BCUT2D eigenvalue weighted by Crippen LogP contribution is -2.08. The number of rotatable bonds is 1. The number of ether oxygens (including phenoxy) is 1. The van der Waals surface area contributed by atoms with Gasteiger partial charge < -0.3 is 15.5 Å². The molecule has 8 heteroatoms. The number of esters is 1. The summed E-state index contributed by atoms with van der Waals surface area (Å²) in [6.07, 6.45) is -4.62. The van der Waals surface area contributed by atoms with Crippen molar-refractivity contribution in [1.29, 1.82) is 0 Å². The Hall–Kier alpha value is -2.25. The second kappa shape index (κ2) is 3.90. The number of benzene rings is 1. The smallest absolute Gasteiger partial charge is 0.449 e. The molecule has 1 aromatic carbocycles. The first-order chi connectivity index (χ1) is 8.34. The lowest BCUT2D eigenvalue weighted by Gasteiger charge is -2.04. The monoisotopic (exact) mass is 259 g/mol. The van der Waals surface area contributed by atoms with Crippen molar-refractivity contribution in [2.75, 3.05) is 12.8 Å². The molecule has 0 radical (unpaired) electrons. The molecule has 0 unspecified atom stereocenters. The number of nitrogen functional groups attached to an aromatic ring is 1. The minimum absolute atomic E-state index is 0.00285. The number of H-pyrrole nitrogens is 1. The molecule has 1 heterocycles. The van der Waals surface area contributed by atoms with Crippen molar-refractivity contribution >= 4 is 22.7 Å². The van der Waals surface area contributed by atoms with Crippen molar-refractivity contribution < 1.29 is 22.7 Å². The van der Waals surface area contributed by atoms with Crippen molar-refractivity contribution in [1.82, 2.24) is 9.97 Å². The summed E-state index contributed by atoms with van der Waals surface area (Å²) in [5.41, 5.74) is 5.33. The topological polar surface area (TPSA) is 81.0 Å². The minimum Gasteiger partial charge on any atom is -0.465 e. The van der Waals surface area contributed by atoms with Gasteiger partial charge in [-0.2, -0.15) is 13.2 Å². The number of nitrogens with one attached hydrogen (secondary N) is 1. The molecule has 0 spiro atoms. The molecule has 0 bridgehead atoms. The summed E-state index contributed by atoms with van der Waals surface area (Å²) in [6, 6.07) is 2.60. The number of carbonyl (C=O) groups is 1. The highest BCUT2D eigenvalue weighted by molar-refractivity contribution is 6.06. The molecule has 0 saturated heterocycles. The molecule has 0 fully saturated rings. The van der Waals surface area contributed by atoms with Gasteiger partial charge in [-0.3, -0.25) is 0 Å². The van der Waals surface area contributed by atoms with Crippen molar-refractivity contribution in [3.05, 3.63) is 23.5 Å². The number of nitrogens with zero attached hydrogens (tertiary/aromatic N) is 1. The van der Waals surface area contributed by atoms with E-state index in [2.05, 4.69) is 9.72 Å². The van der Waals surface area contributed by atoms with Gasteiger partial charge in [-0.05, 0) is 12.1 Å². The summed E-state index contributed by atoms with van der Waals surface area (Å²) < 4.78 is 42.0. The summed E-state index contributed by atoms with van der Waals surface area (Å²) in [5, 5.41) is 0. The zero-order valence-electron chi connectivity index (χ0n) is 9.13. The number of aromatic amines is 1. The maximum Gasteiger partial charge on any atom is 0.449 e. The average molecular weight is 259 g/mol. The number of halogens is 3. The largest absolute Gasteiger partial charge is 0.465 e. The molecule has 0 saturated carbocycles. The van der Waals surface area contributed by atoms with Gasteiger partial charge in [0.25, 0.3) is 0 Å². The van der Waals surface area contributed by atoms with Gasteiger partial charge in [0, 0.05) is 5.69 Å². The highest BCUT2D eigenvalue weighted by Crippen LogP contribution is 2.31. The molecule has 0 aliphatic rings. The Labute approximate surface area is 98.7 Å². The van der Waals surface area contributed by atoms with E-state index in [4.69, 9.17) is 5.73 Å². The van der Waals surface area contributed by atoms with Crippen LogP contribution in [0.2, 0.25) is 0 Å². The summed E-state index contributed by atoms with van der Waals surface area (Å²) in [6.45, 7) is 0. The number of carbonyl (C=O) groups excluding carboxylic acids is 1. The molecule has 96 valence electrons. The van der Waals surface area contributed by atoms with Crippen LogP contribution in [0.25, 0.3) is 11.0 Å². The van der Waals surface area contributed by atoms with E-state index in [-0.39, 0.29) is 22.3 Å². The number of hydrogen-bond donors (Lipinski definition) is 2. The van der Waals surface area contributed by atoms with Crippen LogP contribution in [0.15, 0.2) is 12.1 Å². The van der Waals surface area contributed by atoms with E-state index in [0.717, 1.165) is 7.11 Å². The van der Waals surface area contributed by atoms with Crippen molar-refractivity contribution in [2.24, 2.45) is 0 Å². The second-order valence-electron chi connectivity index (χ2n) is 3.50. The van der Waals surface area contributed by atoms with Crippen LogP contribution >= 0.6 is 0 Å². The highest BCUT2D eigenvalue weighted by Gasteiger charge is 2.35. The predicted octanol–water partition coefficient (Wildman–Crippen LogP) is 1.95. The first kappa shape index (κ1) is 12.2. The van der Waals surface area contributed by atoms with Crippen LogP contribution < -0.4 is 5.73 Å². The molecule has 0 aliphatic heterocycles. The standard InChI is InChI=1S/C10H8F3N3O2/c1-18-8(17)6-4(14)2-3-5-7(6)16-9(15-5)10(11,12)13/h2-3H,14H2,1H3,(H,15,16). The van der Waals surface area contributed by atoms with E-state index < -0.39 is 18.0 Å². The van der Waals surface area contributed by atoms with Crippen molar-refractivity contribution in [3.8, 4) is 0 Å². The quantitative estimate of drug-likeness (QED) is 0.605. The lowest BCUT2D eigenvalue weighted by molar-refractivity contribution is -0.144. The molecule has 18 heavy (non-hydrogen) atoms. The zero-order chi connectivity index (χ0) is 13.5. The highest BCUT2D eigenvalue weighted by atomic mass is 19.4. The molecule has 5 nitrogen and oxygen atoms in total. The number of fused-ring (bicyclic) bond motifs is 1. The third-order valence-electron chi connectivity index (χ3n) is 2.35. The van der Waals surface area contributed by atoms with Crippen molar-refractivity contribution in [2.45, 2.75) is 6.18 Å². The maximum absolute atomic E-state index is 12.5. The van der Waals surface area contributed by atoms with E-state index in [9.17, 15) is 18.0 Å². The molecule has 0 amide bonds. The van der Waals surface area contributed by atoms with E-state index in [1.54, 1.807) is 0 Å². The Kier molecular flexibility index (Phi) is 2.64. The van der Waals surface area contributed by atoms with Gasteiger partial charge in [-0.1, -0.05) is 0 Å². The fourth-order valence-corrected chi connectivity index (χ4v) is 1.55. The maximum atomic E-state index is 12.5. The van der Waals surface area contributed by atoms with Crippen LogP contribution in [0.3, 0.4) is 0 Å². The number of anilines is 1. The van der Waals surface area contributed by atoms with E-state index in [0.29, 0.717) is 0 Å². The fraction of sp³-hybridized carbons (Fsp3) is 0.200. The van der Waals surface area contributed by atoms with Gasteiger partial charge in [0.1, 0.15) is 5.56 Å². The lowest BCUT2D eigenvalue weighted by atomic mass is 10.1. The third-order valence-corrected chi connectivity index (χ3v) is 2.35. The predicted molar refractivity (Wildman–Crippen MR) is 56.8 cm³/mol. The number of imidazole rings is 1. The summed E-state index contributed by atoms with van der Waals surface area (Å²) in [7, 11) is 1.11. The second-order valence-corrected chi connectivity index (χ2v) is 3.50. The Morgan fingerprint density at radius 2 is 2.11 bits per heavy atom. The van der Waals surface area contributed by atoms with Gasteiger partial charge >= 0.3 is 12.1 Å².